The van der Waals surface area contributed by atoms with Crippen LogP contribution in [0.25, 0.3) is 23.4 Å². The van der Waals surface area contributed by atoms with Crippen molar-refractivity contribution in [3.8, 4) is 34.7 Å². The van der Waals surface area contributed by atoms with Gasteiger partial charge in [0.15, 0.2) is 17.3 Å². The third kappa shape index (κ3) is 6.67. The molecule has 0 unspecified atom stereocenters. The van der Waals surface area contributed by atoms with Crippen molar-refractivity contribution in [2.75, 3.05) is 13.7 Å². The number of aryl methyl sites for hydroxylation is 1. The molecule has 210 valence electrons. The number of nitrogens with zero attached hydrogens (tertiary/aromatic N) is 3. The second-order valence-electron chi connectivity index (χ2n) is 8.82. The van der Waals surface area contributed by atoms with E-state index >= 15 is 0 Å². The SMILES string of the molecule is CCOC(=O)C=Cc1cn(-c2ccccc2)nc1OCc1ccc(OCc2nc(-c3ccco3)oc2C)c(OC)c1. The number of furan rings is 1. The second-order valence-corrected chi connectivity index (χ2v) is 8.82. The predicted molar refractivity (Wildman–Crippen MR) is 150 cm³/mol. The molecule has 41 heavy (non-hydrogen) atoms. The van der Waals surface area contributed by atoms with E-state index in [9.17, 15) is 4.79 Å². The quantitative estimate of drug-likeness (QED) is 0.132. The summed E-state index contributed by atoms with van der Waals surface area (Å²) in [5.74, 6) is 2.60. The van der Waals surface area contributed by atoms with Crippen LogP contribution in [0.1, 0.15) is 29.5 Å². The number of carbonyl (C=O) groups is 1. The lowest BCUT2D eigenvalue weighted by molar-refractivity contribution is -0.137. The molecule has 0 saturated carbocycles. The zero-order valence-electron chi connectivity index (χ0n) is 22.9. The molecule has 0 radical (unpaired) electrons. The summed E-state index contributed by atoms with van der Waals surface area (Å²) in [5.41, 5.74) is 2.98. The number of para-hydroxylation sites is 1. The summed E-state index contributed by atoms with van der Waals surface area (Å²) in [4.78, 5) is 16.4. The highest BCUT2D eigenvalue weighted by atomic mass is 16.5. The van der Waals surface area contributed by atoms with Crippen LogP contribution in [-0.4, -0.2) is 34.5 Å². The molecule has 3 heterocycles. The molecule has 0 atom stereocenters. The van der Waals surface area contributed by atoms with E-state index < -0.39 is 5.97 Å². The summed E-state index contributed by atoms with van der Waals surface area (Å²) in [5, 5.41) is 4.58. The van der Waals surface area contributed by atoms with Gasteiger partial charge >= 0.3 is 5.97 Å². The first-order chi connectivity index (χ1) is 20.0. The van der Waals surface area contributed by atoms with Gasteiger partial charge in [-0.05, 0) is 61.9 Å². The van der Waals surface area contributed by atoms with Gasteiger partial charge in [0.1, 0.15) is 24.7 Å². The average molecular weight is 556 g/mol. The summed E-state index contributed by atoms with van der Waals surface area (Å²) >= 11 is 0. The highest BCUT2D eigenvalue weighted by Gasteiger charge is 2.16. The Morgan fingerprint density at radius 2 is 1.88 bits per heavy atom. The number of aromatic nitrogens is 3. The van der Waals surface area contributed by atoms with E-state index in [-0.39, 0.29) is 13.2 Å². The first kappa shape index (κ1) is 27.3. The lowest BCUT2D eigenvalue weighted by atomic mass is 10.2. The Hall–Kier alpha value is -5.25. The maximum Gasteiger partial charge on any atom is 0.330 e. The standard InChI is InChI=1S/C31H29N3O7/c1-4-37-29(35)15-13-23-18-34(24-9-6-5-7-10-24)33-30(23)40-19-22-12-14-26(28(17-22)36-3)39-20-25-21(2)41-31(32-25)27-11-8-16-38-27/h5-18H,4,19-20H2,1-3H3. The Morgan fingerprint density at radius 3 is 2.63 bits per heavy atom. The molecule has 0 saturated heterocycles. The van der Waals surface area contributed by atoms with E-state index in [1.54, 1.807) is 49.4 Å². The van der Waals surface area contributed by atoms with Crippen LogP contribution in [0.3, 0.4) is 0 Å². The first-order valence-electron chi connectivity index (χ1n) is 13.0. The maximum atomic E-state index is 11.9. The Morgan fingerprint density at radius 1 is 1.02 bits per heavy atom. The van der Waals surface area contributed by atoms with Crippen LogP contribution in [0.2, 0.25) is 0 Å². The number of rotatable bonds is 12. The fourth-order valence-electron chi connectivity index (χ4n) is 3.95. The number of esters is 1. The third-order valence-corrected chi connectivity index (χ3v) is 6.01. The molecular weight excluding hydrogens is 526 g/mol. The number of carbonyl (C=O) groups excluding carboxylic acids is 1. The van der Waals surface area contributed by atoms with Crippen LogP contribution in [0, 0.1) is 6.92 Å². The van der Waals surface area contributed by atoms with Gasteiger partial charge in [-0.2, -0.15) is 0 Å². The third-order valence-electron chi connectivity index (χ3n) is 6.01. The minimum absolute atomic E-state index is 0.190. The molecular formula is C31H29N3O7. The zero-order chi connectivity index (χ0) is 28.6. The van der Waals surface area contributed by atoms with Gasteiger partial charge in [0.2, 0.25) is 5.88 Å². The van der Waals surface area contributed by atoms with Crippen molar-refractivity contribution >= 4 is 12.0 Å². The fraction of sp³-hybridized carbons (Fsp3) is 0.194. The second kappa shape index (κ2) is 12.7. The van der Waals surface area contributed by atoms with Gasteiger partial charge in [-0.1, -0.05) is 24.3 Å². The number of hydrogen-bond donors (Lipinski definition) is 0. The number of benzene rings is 2. The Balaban J connectivity index is 1.29. The van der Waals surface area contributed by atoms with Crippen LogP contribution in [0.5, 0.6) is 17.4 Å². The van der Waals surface area contributed by atoms with Crippen molar-refractivity contribution in [2.24, 2.45) is 0 Å². The summed E-state index contributed by atoms with van der Waals surface area (Å²) in [6, 6.07) is 18.7. The molecule has 0 fully saturated rings. The zero-order valence-corrected chi connectivity index (χ0v) is 22.9. The minimum atomic E-state index is -0.441. The van der Waals surface area contributed by atoms with Crippen molar-refractivity contribution in [3.05, 3.63) is 102 Å². The van der Waals surface area contributed by atoms with E-state index in [2.05, 4.69) is 10.1 Å². The molecule has 0 aliphatic rings. The number of methoxy groups -OCH3 is 1. The van der Waals surface area contributed by atoms with Gasteiger partial charge in [-0.15, -0.1) is 5.10 Å². The van der Waals surface area contributed by atoms with E-state index in [0.29, 0.717) is 52.7 Å². The lowest BCUT2D eigenvalue weighted by Crippen LogP contribution is -2.02. The fourth-order valence-corrected chi connectivity index (χ4v) is 3.95. The van der Waals surface area contributed by atoms with Crippen LogP contribution in [0.4, 0.5) is 0 Å². The van der Waals surface area contributed by atoms with Crippen molar-refractivity contribution in [1.82, 2.24) is 14.8 Å². The van der Waals surface area contributed by atoms with Gasteiger partial charge in [0.05, 0.1) is 31.2 Å². The summed E-state index contributed by atoms with van der Waals surface area (Å²) < 4.78 is 35.4. The monoisotopic (exact) mass is 555 g/mol. The average Bonchev–Trinajstić information content (AvgIpc) is 3.75. The van der Waals surface area contributed by atoms with Crippen molar-refractivity contribution in [2.45, 2.75) is 27.1 Å². The van der Waals surface area contributed by atoms with Gasteiger partial charge in [-0.3, -0.25) is 0 Å². The molecule has 0 aliphatic heterocycles. The predicted octanol–water partition coefficient (Wildman–Crippen LogP) is 6.17. The van der Waals surface area contributed by atoms with E-state index in [4.69, 9.17) is 27.8 Å². The number of hydrogen-bond acceptors (Lipinski definition) is 9. The molecule has 5 rings (SSSR count). The smallest absolute Gasteiger partial charge is 0.330 e. The van der Waals surface area contributed by atoms with Crippen LogP contribution in [0.15, 0.2) is 88.0 Å². The minimum Gasteiger partial charge on any atom is -0.493 e. The van der Waals surface area contributed by atoms with E-state index in [1.165, 1.54) is 6.08 Å². The highest BCUT2D eigenvalue weighted by Crippen LogP contribution is 2.31. The molecule has 10 heteroatoms. The van der Waals surface area contributed by atoms with Crippen molar-refractivity contribution in [1.29, 1.82) is 0 Å². The number of ether oxygens (including phenoxy) is 4. The van der Waals surface area contributed by atoms with E-state index in [0.717, 1.165) is 11.3 Å². The summed E-state index contributed by atoms with van der Waals surface area (Å²) in [6.45, 7) is 4.27. The molecule has 2 aromatic carbocycles. The molecule has 0 bridgehead atoms. The van der Waals surface area contributed by atoms with Gasteiger partial charge in [0, 0.05) is 12.3 Å². The largest absolute Gasteiger partial charge is 0.493 e. The Kier molecular flexibility index (Phi) is 8.49. The topological polar surface area (TPSA) is 111 Å². The molecule has 3 aromatic heterocycles. The molecule has 0 aliphatic carbocycles. The van der Waals surface area contributed by atoms with Crippen LogP contribution >= 0.6 is 0 Å². The van der Waals surface area contributed by atoms with Gasteiger partial charge < -0.3 is 27.8 Å². The molecule has 5 aromatic rings. The highest BCUT2D eigenvalue weighted by molar-refractivity contribution is 5.87. The summed E-state index contributed by atoms with van der Waals surface area (Å²) in [7, 11) is 1.57. The summed E-state index contributed by atoms with van der Waals surface area (Å²) in [6.07, 6.45) is 6.34. The first-order valence-corrected chi connectivity index (χ1v) is 13.0. The van der Waals surface area contributed by atoms with Crippen LogP contribution < -0.4 is 14.2 Å². The molecule has 0 spiro atoms. The van der Waals surface area contributed by atoms with Crippen molar-refractivity contribution in [3.63, 3.8) is 0 Å². The number of oxazole rings is 1. The van der Waals surface area contributed by atoms with Gasteiger partial charge in [0.25, 0.3) is 5.89 Å². The molecule has 10 nitrogen and oxygen atoms in total. The van der Waals surface area contributed by atoms with Gasteiger partial charge in [-0.25, -0.2) is 14.5 Å². The molecule has 0 amide bonds. The lowest BCUT2D eigenvalue weighted by Gasteiger charge is -2.12. The normalized spacial score (nSPS) is 11.1. The Labute approximate surface area is 236 Å². The Bertz CT molecular complexity index is 1620. The maximum absolute atomic E-state index is 11.9. The van der Waals surface area contributed by atoms with Crippen LogP contribution in [-0.2, 0) is 22.7 Å². The van der Waals surface area contributed by atoms with E-state index in [1.807, 2.05) is 55.5 Å². The molecule has 0 N–H and O–H groups in total. The van der Waals surface area contributed by atoms with Crippen molar-refractivity contribution < 1.29 is 32.6 Å².